The minimum atomic E-state index is -1.10. The van der Waals surface area contributed by atoms with Crippen LogP contribution < -0.4 is 0 Å². The van der Waals surface area contributed by atoms with E-state index in [1.54, 1.807) is 0 Å². The van der Waals surface area contributed by atoms with Crippen molar-refractivity contribution >= 4 is 0 Å². The third-order valence-electron chi connectivity index (χ3n) is 2.06. The van der Waals surface area contributed by atoms with Gasteiger partial charge in [-0.2, -0.15) is 0 Å². The van der Waals surface area contributed by atoms with E-state index in [-0.39, 0.29) is 0 Å². The largest absolute Gasteiger partial charge is 0.396 e. The maximum atomic E-state index is 8.42. The maximum absolute atomic E-state index is 8.42. The molecule has 0 aliphatic heterocycles. The normalized spacial score (nSPS) is 10.0. The molecule has 0 atom stereocenters. The van der Waals surface area contributed by atoms with Crippen LogP contribution in [0.25, 0.3) is 0 Å². The summed E-state index contributed by atoms with van der Waals surface area (Å²) in [6.45, 7) is 4.48. The fourth-order valence-corrected chi connectivity index (χ4v) is 1.15. The molecule has 0 radical (unpaired) electrons. The van der Waals surface area contributed by atoms with Gasteiger partial charge in [0.25, 0.3) is 0 Å². The summed E-state index contributed by atoms with van der Waals surface area (Å²) < 4.78 is 0. The van der Waals surface area contributed by atoms with Crippen LogP contribution in [-0.4, -0.2) is 28.2 Å². The Kier molecular flexibility index (Phi) is 18.8. The van der Waals surface area contributed by atoms with Crippen molar-refractivity contribution in [2.75, 3.05) is 6.61 Å². The van der Waals surface area contributed by atoms with E-state index >= 15 is 0 Å². The molecule has 0 aliphatic carbocycles. The van der Waals surface area contributed by atoms with Crippen molar-refractivity contribution in [1.29, 1.82) is 0 Å². The summed E-state index contributed by atoms with van der Waals surface area (Å²) in [5.41, 5.74) is 0. The van der Waals surface area contributed by atoms with Gasteiger partial charge in [-0.3, -0.25) is 0 Å². The molecular formula is C12H28O3. The highest BCUT2D eigenvalue weighted by Gasteiger charge is 1.89. The van der Waals surface area contributed by atoms with Crippen molar-refractivity contribution in [1.82, 2.24) is 0 Å². The molecule has 3 nitrogen and oxygen atoms in total. The van der Waals surface area contributed by atoms with Crippen molar-refractivity contribution in [3.05, 3.63) is 0 Å². The first-order valence-electron chi connectivity index (χ1n) is 6.16. The summed E-state index contributed by atoms with van der Waals surface area (Å²) in [5, 5.41) is 24.6. The van der Waals surface area contributed by atoms with E-state index in [1.807, 2.05) is 6.92 Å². The predicted molar refractivity (Wildman–Crippen MR) is 63.6 cm³/mol. The smallest absolute Gasteiger partial charge is 0.151 e. The fourth-order valence-electron chi connectivity index (χ4n) is 1.15. The summed E-state index contributed by atoms with van der Waals surface area (Å²) in [7, 11) is 0. The molecule has 0 amide bonds. The Morgan fingerprint density at radius 1 is 0.800 bits per heavy atom. The molecule has 3 heteroatoms. The van der Waals surface area contributed by atoms with E-state index < -0.39 is 6.29 Å². The minimum absolute atomic E-state index is 0.367. The van der Waals surface area contributed by atoms with Crippen LogP contribution in [0.1, 0.15) is 65.2 Å². The minimum Gasteiger partial charge on any atom is -0.396 e. The highest BCUT2D eigenvalue weighted by molar-refractivity contribution is 4.41. The highest BCUT2D eigenvalue weighted by Crippen LogP contribution is 2.03. The van der Waals surface area contributed by atoms with Gasteiger partial charge in [0.15, 0.2) is 6.29 Å². The molecule has 0 unspecified atom stereocenters. The molecule has 0 aromatic carbocycles. The quantitative estimate of drug-likeness (QED) is 0.435. The summed E-state index contributed by atoms with van der Waals surface area (Å²) in [4.78, 5) is 0. The Hall–Kier alpha value is -0.120. The third kappa shape index (κ3) is 24.8. The molecule has 3 N–H and O–H groups in total. The van der Waals surface area contributed by atoms with Gasteiger partial charge < -0.3 is 15.3 Å². The van der Waals surface area contributed by atoms with E-state index in [1.165, 1.54) is 32.1 Å². The zero-order valence-corrected chi connectivity index (χ0v) is 10.3. The monoisotopic (exact) mass is 220 g/mol. The lowest BCUT2D eigenvalue weighted by molar-refractivity contribution is -0.0453. The highest BCUT2D eigenvalue weighted by atomic mass is 16.5. The lowest BCUT2D eigenvalue weighted by Gasteiger charge is -1.95. The molecule has 0 spiro atoms. The van der Waals surface area contributed by atoms with Crippen molar-refractivity contribution in [3.8, 4) is 0 Å². The summed E-state index contributed by atoms with van der Waals surface area (Å²) in [6, 6.07) is 0. The topological polar surface area (TPSA) is 60.7 Å². The molecule has 0 heterocycles. The first-order valence-corrected chi connectivity index (χ1v) is 6.16. The van der Waals surface area contributed by atoms with E-state index in [0.29, 0.717) is 13.0 Å². The fraction of sp³-hybridized carbons (Fsp3) is 1.00. The molecule has 0 saturated heterocycles. The van der Waals surface area contributed by atoms with Crippen molar-refractivity contribution in [2.24, 2.45) is 0 Å². The zero-order valence-electron chi connectivity index (χ0n) is 10.3. The SMILES string of the molecule is CCCC(O)O.CCCCCCCCO. The second kappa shape index (κ2) is 16.3. The lowest BCUT2D eigenvalue weighted by Crippen LogP contribution is -2.01. The maximum Gasteiger partial charge on any atom is 0.151 e. The van der Waals surface area contributed by atoms with Gasteiger partial charge in [0.2, 0.25) is 0 Å². The van der Waals surface area contributed by atoms with E-state index in [9.17, 15) is 0 Å². The molecule has 0 rings (SSSR count). The number of aliphatic hydroxyl groups excluding tert-OH is 2. The van der Waals surface area contributed by atoms with Gasteiger partial charge >= 0.3 is 0 Å². The predicted octanol–water partition coefficient (Wildman–Crippen LogP) is 2.44. The standard InChI is InChI=1S/C8H18O.C4H10O2/c1-2-3-4-5-6-7-8-9;1-2-3-4(5)6/h9H,2-8H2,1H3;4-6H,2-3H2,1H3. The third-order valence-corrected chi connectivity index (χ3v) is 2.06. The van der Waals surface area contributed by atoms with Crippen LogP contribution in [-0.2, 0) is 0 Å². The number of unbranched alkanes of at least 4 members (excludes halogenated alkanes) is 5. The van der Waals surface area contributed by atoms with Gasteiger partial charge in [0, 0.05) is 6.61 Å². The second-order valence-corrected chi connectivity index (χ2v) is 3.76. The Morgan fingerprint density at radius 3 is 1.67 bits per heavy atom. The second-order valence-electron chi connectivity index (χ2n) is 3.76. The first kappa shape index (κ1) is 17.3. The Balaban J connectivity index is 0. The van der Waals surface area contributed by atoms with Gasteiger partial charge in [0.05, 0.1) is 0 Å². The number of hydrogen-bond acceptors (Lipinski definition) is 3. The molecular weight excluding hydrogens is 192 g/mol. The van der Waals surface area contributed by atoms with E-state index in [0.717, 1.165) is 12.8 Å². The van der Waals surface area contributed by atoms with Crippen LogP contribution in [0.15, 0.2) is 0 Å². The first-order chi connectivity index (χ1) is 7.18. The van der Waals surface area contributed by atoms with Crippen LogP contribution >= 0.6 is 0 Å². The molecule has 0 aliphatic rings. The number of rotatable bonds is 8. The van der Waals surface area contributed by atoms with Crippen molar-refractivity contribution in [2.45, 2.75) is 71.5 Å². The van der Waals surface area contributed by atoms with Crippen molar-refractivity contribution < 1.29 is 15.3 Å². The van der Waals surface area contributed by atoms with Gasteiger partial charge in [-0.1, -0.05) is 52.4 Å². The van der Waals surface area contributed by atoms with E-state index in [2.05, 4.69) is 6.92 Å². The van der Waals surface area contributed by atoms with Gasteiger partial charge in [-0.05, 0) is 12.8 Å². The molecule has 0 saturated carbocycles. The van der Waals surface area contributed by atoms with E-state index in [4.69, 9.17) is 15.3 Å². The number of aliphatic hydroxyl groups is 3. The van der Waals surface area contributed by atoms with Crippen LogP contribution in [0, 0.1) is 0 Å². The van der Waals surface area contributed by atoms with Crippen LogP contribution in [0.3, 0.4) is 0 Å². The Labute approximate surface area is 94.1 Å². The molecule has 94 valence electrons. The summed E-state index contributed by atoms with van der Waals surface area (Å²) in [6.07, 6.45) is 7.71. The molecule has 15 heavy (non-hydrogen) atoms. The molecule has 0 fully saturated rings. The summed E-state index contributed by atoms with van der Waals surface area (Å²) >= 11 is 0. The van der Waals surface area contributed by atoms with Crippen molar-refractivity contribution in [3.63, 3.8) is 0 Å². The zero-order chi connectivity index (χ0) is 11.9. The van der Waals surface area contributed by atoms with Crippen LogP contribution in [0.5, 0.6) is 0 Å². The summed E-state index contributed by atoms with van der Waals surface area (Å²) in [5.74, 6) is 0. The van der Waals surface area contributed by atoms with Gasteiger partial charge in [-0.15, -0.1) is 0 Å². The van der Waals surface area contributed by atoms with Gasteiger partial charge in [0.1, 0.15) is 0 Å². The Morgan fingerprint density at radius 2 is 1.33 bits per heavy atom. The van der Waals surface area contributed by atoms with Crippen LogP contribution in [0.2, 0.25) is 0 Å². The average molecular weight is 220 g/mol. The lowest BCUT2D eigenvalue weighted by atomic mass is 10.1. The Bertz CT molecular complexity index is 88.9. The number of hydrogen-bond donors (Lipinski definition) is 3. The van der Waals surface area contributed by atoms with Gasteiger partial charge in [-0.25, -0.2) is 0 Å². The molecule has 0 bridgehead atoms. The van der Waals surface area contributed by atoms with Crippen LogP contribution in [0.4, 0.5) is 0 Å². The average Bonchev–Trinajstić information content (AvgIpc) is 2.18. The molecule has 0 aromatic heterocycles. The molecule has 0 aromatic rings.